The molecule has 110 valence electrons. The van der Waals surface area contributed by atoms with Crippen LogP contribution >= 0.6 is 0 Å². The van der Waals surface area contributed by atoms with E-state index in [9.17, 15) is 0 Å². The normalized spacial score (nSPS) is 20.0. The highest BCUT2D eigenvalue weighted by Crippen LogP contribution is 2.36. The minimum absolute atomic E-state index is 0.369. The standard InChI is InChI=1S/C15H19BN2O3/c1-14(2)15(3,4)21-16(20-14)12-8-6-11-10(17-12)7-9-13(18-11)19-5/h6-9H,1-5H3. The van der Waals surface area contributed by atoms with Gasteiger partial charge in [-0.3, -0.25) is 4.98 Å². The molecule has 0 N–H and O–H groups in total. The van der Waals surface area contributed by atoms with E-state index < -0.39 is 7.12 Å². The molecule has 1 saturated heterocycles. The molecule has 0 aromatic carbocycles. The Bertz CT molecular complexity index is 672. The van der Waals surface area contributed by atoms with Gasteiger partial charge in [-0.2, -0.15) is 0 Å². The van der Waals surface area contributed by atoms with Crippen molar-refractivity contribution in [2.45, 2.75) is 38.9 Å². The SMILES string of the molecule is COc1ccc2nc(B3OC(C)(C)C(C)(C)O3)ccc2n1. The van der Waals surface area contributed by atoms with E-state index in [-0.39, 0.29) is 11.2 Å². The van der Waals surface area contributed by atoms with Gasteiger partial charge in [0.1, 0.15) is 0 Å². The molecule has 0 spiro atoms. The van der Waals surface area contributed by atoms with Crippen molar-refractivity contribution in [3.63, 3.8) is 0 Å². The number of methoxy groups -OCH3 is 1. The van der Waals surface area contributed by atoms with Crippen LogP contribution in [-0.4, -0.2) is 35.4 Å². The molecule has 0 bridgehead atoms. The zero-order chi connectivity index (χ0) is 15.3. The van der Waals surface area contributed by atoms with Gasteiger partial charge in [-0.15, -0.1) is 0 Å². The third-order valence-electron chi connectivity index (χ3n) is 4.24. The first-order valence-corrected chi connectivity index (χ1v) is 7.00. The fourth-order valence-corrected chi connectivity index (χ4v) is 2.22. The molecule has 0 radical (unpaired) electrons. The molecule has 0 aliphatic carbocycles. The molecule has 3 heterocycles. The highest BCUT2D eigenvalue weighted by atomic mass is 16.7. The maximum atomic E-state index is 6.01. The Morgan fingerprint density at radius 1 is 0.905 bits per heavy atom. The monoisotopic (exact) mass is 286 g/mol. The first-order valence-electron chi connectivity index (χ1n) is 7.00. The van der Waals surface area contributed by atoms with Crippen LogP contribution in [0.1, 0.15) is 27.7 Å². The maximum absolute atomic E-state index is 6.01. The number of ether oxygens (including phenoxy) is 1. The molecule has 6 heteroatoms. The number of nitrogens with zero attached hydrogens (tertiary/aromatic N) is 2. The average molecular weight is 286 g/mol. The van der Waals surface area contributed by atoms with Gasteiger partial charge in [0.15, 0.2) is 0 Å². The predicted molar refractivity (Wildman–Crippen MR) is 81.8 cm³/mol. The van der Waals surface area contributed by atoms with Crippen LogP contribution < -0.4 is 10.3 Å². The fraction of sp³-hybridized carbons (Fsp3) is 0.467. The molecule has 0 saturated carbocycles. The summed E-state index contributed by atoms with van der Waals surface area (Å²) in [5.41, 5.74) is 1.60. The van der Waals surface area contributed by atoms with Crippen LogP contribution in [0.2, 0.25) is 0 Å². The summed E-state index contributed by atoms with van der Waals surface area (Å²) in [7, 11) is 1.14. The summed E-state index contributed by atoms with van der Waals surface area (Å²) in [4.78, 5) is 8.95. The van der Waals surface area contributed by atoms with Crippen LogP contribution in [0.5, 0.6) is 5.88 Å². The topological polar surface area (TPSA) is 53.5 Å². The van der Waals surface area contributed by atoms with Crippen LogP contribution in [0.4, 0.5) is 0 Å². The second-order valence-corrected chi connectivity index (χ2v) is 6.22. The summed E-state index contributed by atoms with van der Waals surface area (Å²) in [5.74, 6) is 0.577. The molecule has 1 aliphatic rings. The lowest BCUT2D eigenvalue weighted by Crippen LogP contribution is -2.41. The quantitative estimate of drug-likeness (QED) is 0.790. The Hall–Kier alpha value is -1.66. The van der Waals surface area contributed by atoms with Crippen molar-refractivity contribution in [2.75, 3.05) is 7.11 Å². The number of pyridine rings is 2. The number of hydrogen-bond donors (Lipinski definition) is 0. The Labute approximate surface area is 124 Å². The van der Waals surface area contributed by atoms with Gasteiger partial charge in [0, 0.05) is 6.07 Å². The Morgan fingerprint density at radius 2 is 1.48 bits per heavy atom. The molecule has 0 unspecified atom stereocenters. The van der Waals surface area contributed by atoms with E-state index in [4.69, 9.17) is 14.0 Å². The van der Waals surface area contributed by atoms with Crippen molar-refractivity contribution in [1.29, 1.82) is 0 Å². The molecule has 1 fully saturated rings. The largest absolute Gasteiger partial charge is 0.514 e. The molecule has 3 rings (SSSR count). The number of fused-ring (bicyclic) bond motifs is 1. The second-order valence-electron chi connectivity index (χ2n) is 6.22. The predicted octanol–water partition coefficient (Wildman–Crippen LogP) is 1.94. The van der Waals surface area contributed by atoms with Crippen LogP contribution in [-0.2, 0) is 9.31 Å². The smallest absolute Gasteiger partial charge is 0.481 e. The highest BCUT2D eigenvalue weighted by Gasteiger charge is 2.52. The van der Waals surface area contributed by atoms with E-state index in [1.54, 1.807) is 13.2 Å². The lowest BCUT2D eigenvalue weighted by atomic mass is 9.84. The summed E-state index contributed by atoms with van der Waals surface area (Å²) in [5, 5.41) is 0. The zero-order valence-corrected chi connectivity index (χ0v) is 13.0. The van der Waals surface area contributed by atoms with Crippen molar-refractivity contribution >= 4 is 23.7 Å². The van der Waals surface area contributed by atoms with E-state index in [2.05, 4.69) is 9.97 Å². The zero-order valence-electron chi connectivity index (χ0n) is 13.0. The highest BCUT2D eigenvalue weighted by molar-refractivity contribution is 6.61. The van der Waals surface area contributed by atoms with E-state index >= 15 is 0 Å². The fourth-order valence-electron chi connectivity index (χ4n) is 2.22. The molecular formula is C15H19BN2O3. The van der Waals surface area contributed by atoms with Crippen molar-refractivity contribution in [1.82, 2.24) is 9.97 Å². The first kappa shape index (κ1) is 14.3. The molecule has 0 atom stereocenters. The third-order valence-corrected chi connectivity index (χ3v) is 4.24. The van der Waals surface area contributed by atoms with Gasteiger partial charge >= 0.3 is 7.12 Å². The van der Waals surface area contributed by atoms with Crippen LogP contribution in [0, 0.1) is 0 Å². The summed E-state index contributed by atoms with van der Waals surface area (Å²) >= 11 is 0. The summed E-state index contributed by atoms with van der Waals surface area (Å²) in [6.07, 6.45) is 0. The first-order chi connectivity index (χ1) is 9.82. The number of aromatic nitrogens is 2. The van der Waals surface area contributed by atoms with Crippen molar-refractivity contribution in [3.05, 3.63) is 24.3 Å². The van der Waals surface area contributed by atoms with E-state index in [0.717, 1.165) is 16.6 Å². The Morgan fingerprint density at radius 3 is 2.10 bits per heavy atom. The molecular weight excluding hydrogens is 267 g/mol. The van der Waals surface area contributed by atoms with Crippen LogP contribution in [0.25, 0.3) is 11.0 Å². The van der Waals surface area contributed by atoms with Crippen molar-refractivity contribution in [2.24, 2.45) is 0 Å². The van der Waals surface area contributed by atoms with Crippen molar-refractivity contribution in [3.8, 4) is 5.88 Å². The molecule has 21 heavy (non-hydrogen) atoms. The second kappa shape index (κ2) is 4.68. The molecule has 2 aromatic rings. The van der Waals surface area contributed by atoms with Crippen LogP contribution in [0.3, 0.4) is 0 Å². The lowest BCUT2D eigenvalue weighted by Gasteiger charge is -2.32. The van der Waals surface area contributed by atoms with E-state index in [0.29, 0.717) is 5.88 Å². The molecule has 2 aromatic heterocycles. The summed E-state index contributed by atoms with van der Waals surface area (Å²) in [6.45, 7) is 8.11. The third kappa shape index (κ3) is 2.38. The van der Waals surface area contributed by atoms with Gasteiger partial charge in [0.05, 0.1) is 34.9 Å². The van der Waals surface area contributed by atoms with E-state index in [1.165, 1.54) is 0 Å². The summed E-state index contributed by atoms with van der Waals surface area (Å²) < 4.78 is 17.1. The lowest BCUT2D eigenvalue weighted by molar-refractivity contribution is 0.00578. The summed E-state index contributed by atoms with van der Waals surface area (Å²) in [6, 6.07) is 7.47. The maximum Gasteiger partial charge on any atom is 0.514 e. The molecule has 5 nitrogen and oxygen atoms in total. The minimum Gasteiger partial charge on any atom is -0.481 e. The average Bonchev–Trinajstić information content (AvgIpc) is 2.66. The number of rotatable bonds is 2. The van der Waals surface area contributed by atoms with Gasteiger partial charge in [0.2, 0.25) is 5.88 Å². The number of hydrogen-bond acceptors (Lipinski definition) is 5. The van der Waals surface area contributed by atoms with E-state index in [1.807, 2.05) is 45.9 Å². The van der Waals surface area contributed by atoms with Gasteiger partial charge in [-0.05, 0) is 45.9 Å². The van der Waals surface area contributed by atoms with Gasteiger partial charge < -0.3 is 14.0 Å². The van der Waals surface area contributed by atoms with Gasteiger partial charge in [-0.1, -0.05) is 0 Å². The Kier molecular flexibility index (Phi) is 3.18. The Balaban J connectivity index is 1.96. The minimum atomic E-state index is -0.457. The van der Waals surface area contributed by atoms with Gasteiger partial charge in [-0.25, -0.2) is 4.98 Å². The van der Waals surface area contributed by atoms with Gasteiger partial charge in [0.25, 0.3) is 0 Å². The van der Waals surface area contributed by atoms with Crippen LogP contribution in [0.15, 0.2) is 24.3 Å². The molecule has 1 aliphatic heterocycles. The van der Waals surface area contributed by atoms with Crippen molar-refractivity contribution < 1.29 is 14.0 Å². The molecule has 0 amide bonds.